The van der Waals surface area contributed by atoms with Crippen molar-refractivity contribution in [1.29, 1.82) is 0 Å². The van der Waals surface area contributed by atoms with Crippen molar-refractivity contribution in [2.24, 2.45) is 0 Å². The highest BCUT2D eigenvalue weighted by molar-refractivity contribution is 7.17. The monoisotopic (exact) mass is 198 g/mol. The molecule has 0 aliphatic carbocycles. The summed E-state index contributed by atoms with van der Waals surface area (Å²) >= 11 is 1.48. The van der Waals surface area contributed by atoms with E-state index in [0.717, 1.165) is 16.4 Å². The van der Waals surface area contributed by atoms with E-state index in [4.69, 9.17) is 0 Å². The maximum Gasteiger partial charge on any atom is 0.263 e. The average molecular weight is 198 g/mol. The number of anilines is 1. The third-order valence-electron chi connectivity index (χ3n) is 1.88. The van der Waals surface area contributed by atoms with Crippen LogP contribution in [-0.4, -0.2) is 31.4 Å². The van der Waals surface area contributed by atoms with Gasteiger partial charge < -0.3 is 10.2 Å². The van der Waals surface area contributed by atoms with Gasteiger partial charge in [0.25, 0.3) is 5.91 Å². The Labute approximate surface area is 82.4 Å². The number of nitrogens with zero attached hydrogens (tertiary/aromatic N) is 1. The van der Waals surface area contributed by atoms with Crippen LogP contribution in [0.4, 0.5) is 5.00 Å². The van der Waals surface area contributed by atoms with Gasteiger partial charge in [0.15, 0.2) is 0 Å². The van der Waals surface area contributed by atoms with Gasteiger partial charge in [0.05, 0.1) is 9.88 Å². The summed E-state index contributed by atoms with van der Waals surface area (Å²) in [6, 6.07) is 3.77. The molecule has 1 N–H and O–H groups in total. The smallest absolute Gasteiger partial charge is 0.263 e. The Morgan fingerprint density at radius 2 is 2.31 bits per heavy atom. The molecule has 0 fully saturated rings. The van der Waals surface area contributed by atoms with Gasteiger partial charge in [-0.2, -0.15) is 0 Å². The van der Waals surface area contributed by atoms with Crippen molar-refractivity contribution >= 4 is 22.2 Å². The lowest BCUT2D eigenvalue weighted by Gasteiger charge is -2.12. The Kier molecular flexibility index (Phi) is 3.31. The fraction of sp³-hybridized carbons (Fsp3) is 0.444. The zero-order valence-corrected chi connectivity index (χ0v) is 8.94. The summed E-state index contributed by atoms with van der Waals surface area (Å²) in [5.74, 6) is 0.0917. The van der Waals surface area contributed by atoms with Crippen molar-refractivity contribution in [3.8, 4) is 0 Å². The SMILES string of the molecule is CCN(C)C(=O)c1ccc(NC)s1. The van der Waals surface area contributed by atoms with Crippen molar-refractivity contribution in [2.45, 2.75) is 6.92 Å². The summed E-state index contributed by atoms with van der Waals surface area (Å²) in [4.78, 5) is 14.1. The van der Waals surface area contributed by atoms with E-state index >= 15 is 0 Å². The van der Waals surface area contributed by atoms with E-state index in [9.17, 15) is 4.79 Å². The second-order valence-corrected chi connectivity index (χ2v) is 3.82. The van der Waals surface area contributed by atoms with Crippen molar-refractivity contribution in [3.63, 3.8) is 0 Å². The lowest BCUT2D eigenvalue weighted by Crippen LogP contribution is -2.25. The van der Waals surface area contributed by atoms with Crippen LogP contribution in [0.25, 0.3) is 0 Å². The summed E-state index contributed by atoms with van der Waals surface area (Å²) in [5, 5.41) is 4.03. The van der Waals surface area contributed by atoms with Crippen LogP contribution in [0, 0.1) is 0 Å². The molecule has 0 bridgehead atoms. The quantitative estimate of drug-likeness (QED) is 0.804. The predicted molar refractivity (Wildman–Crippen MR) is 56.5 cm³/mol. The van der Waals surface area contributed by atoms with E-state index in [2.05, 4.69) is 5.32 Å². The Bertz CT molecular complexity index is 296. The van der Waals surface area contributed by atoms with E-state index in [0.29, 0.717) is 0 Å². The molecule has 0 aromatic carbocycles. The van der Waals surface area contributed by atoms with Crippen LogP contribution in [0.15, 0.2) is 12.1 Å². The van der Waals surface area contributed by atoms with Gasteiger partial charge >= 0.3 is 0 Å². The molecule has 72 valence electrons. The highest BCUT2D eigenvalue weighted by atomic mass is 32.1. The third kappa shape index (κ3) is 2.21. The van der Waals surface area contributed by atoms with Gasteiger partial charge in [0, 0.05) is 20.6 Å². The highest BCUT2D eigenvalue weighted by Gasteiger charge is 2.11. The number of carbonyl (C=O) groups excluding carboxylic acids is 1. The fourth-order valence-corrected chi connectivity index (χ4v) is 1.77. The number of nitrogens with one attached hydrogen (secondary N) is 1. The second-order valence-electron chi connectivity index (χ2n) is 2.73. The molecule has 0 saturated carbocycles. The largest absolute Gasteiger partial charge is 0.380 e. The molecule has 1 heterocycles. The van der Waals surface area contributed by atoms with E-state index in [1.807, 2.05) is 26.1 Å². The summed E-state index contributed by atoms with van der Waals surface area (Å²) in [5.41, 5.74) is 0. The molecular formula is C9H14N2OS. The van der Waals surface area contributed by atoms with Crippen molar-refractivity contribution in [3.05, 3.63) is 17.0 Å². The summed E-state index contributed by atoms with van der Waals surface area (Å²) in [6.07, 6.45) is 0. The minimum absolute atomic E-state index is 0.0917. The van der Waals surface area contributed by atoms with E-state index < -0.39 is 0 Å². The van der Waals surface area contributed by atoms with Crippen molar-refractivity contribution in [1.82, 2.24) is 4.90 Å². The van der Waals surface area contributed by atoms with Crippen LogP contribution >= 0.6 is 11.3 Å². The fourth-order valence-electron chi connectivity index (χ4n) is 0.919. The molecule has 0 spiro atoms. The topological polar surface area (TPSA) is 32.3 Å². The minimum atomic E-state index is 0.0917. The predicted octanol–water partition coefficient (Wildman–Crippen LogP) is 1.88. The van der Waals surface area contributed by atoms with Crippen molar-refractivity contribution < 1.29 is 4.79 Å². The van der Waals surface area contributed by atoms with Gasteiger partial charge in [-0.15, -0.1) is 11.3 Å². The molecule has 3 nitrogen and oxygen atoms in total. The molecule has 1 aromatic rings. The standard InChI is InChI=1S/C9H14N2OS/c1-4-11(3)9(12)7-5-6-8(10-2)13-7/h5-6,10H,4H2,1-3H3. The molecule has 0 aliphatic heterocycles. The highest BCUT2D eigenvalue weighted by Crippen LogP contribution is 2.21. The molecule has 0 radical (unpaired) electrons. The molecule has 1 rings (SSSR count). The van der Waals surface area contributed by atoms with Gasteiger partial charge in [-0.3, -0.25) is 4.79 Å². The Morgan fingerprint density at radius 1 is 1.62 bits per heavy atom. The summed E-state index contributed by atoms with van der Waals surface area (Å²) < 4.78 is 0. The number of rotatable bonds is 3. The summed E-state index contributed by atoms with van der Waals surface area (Å²) in [6.45, 7) is 2.70. The van der Waals surface area contributed by atoms with Crippen LogP contribution in [0.2, 0.25) is 0 Å². The molecule has 0 unspecified atom stereocenters. The number of carbonyl (C=O) groups is 1. The maximum absolute atomic E-state index is 11.6. The van der Waals surface area contributed by atoms with Gasteiger partial charge in [0.1, 0.15) is 0 Å². The van der Waals surface area contributed by atoms with Crippen LogP contribution < -0.4 is 5.32 Å². The first kappa shape index (κ1) is 10.1. The Morgan fingerprint density at radius 3 is 2.77 bits per heavy atom. The van der Waals surface area contributed by atoms with Crippen LogP contribution in [-0.2, 0) is 0 Å². The number of thiophene rings is 1. The van der Waals surface area contributed by atoms with E-state index in [1.165, 1.54) is 11.3 Å². The number of hydrogen-bond acceptors (Lipinski definition) is 3. The first-order valence-corrected chi connectivity index (χ1v) is 5.03. The van der Waals surface area contributed by atoms with E-state index in [-0.39, 0.29) is 5.91 Å². The molecule has 13 heavy (non-hydrogen) atoms. The zero-order chi connectivity index (χ0) is 9.84. The molecule has 4 heteroatoms. The molecule has 0 aliphatic rings. The third-order valence-corrected chi connectivity index (χ3v) is 2.97. The molecule has 1 amide bonds. The van der Waals surface area contributed by atoms with Crippen LogP contribution in [0.3, 0.4) is 0 Å². The van der Waals surface area contributed by atoms with E-state index in [1.54, 1.807) is 11.9 Å². The Balaban J connectivity index is 2.77. The molecule has 0 atom stereocenters. The normalized spacial score (nSPS) is 9.77. The number of hydrogen-bond donors (Lipinski definition) is 1. The molecular weight excluding hydrogens is 184 g/mol. The van der Waals surface area contributed by atoms with Gasteiger partial charge in [-0.05, 0) is 19.1 Å². The minimum Gasteiger partial charge on any atom is -0.380 e. The van der Waals surface area contributed by atoms with Gasteiger partial charge in [-0.1, -0.05) is 0 Å². The lowest BCUT2D eigenvalue weighted by atomic mass is 10.4. The van der Waals surface area contributed by atoms with Gasteiger partial charge in [-0.25, -0.2) is 0 Å². The summed E-state index contributed by atoms with van der Waals surface area (Å²) in [7, 11) is 3.66. The first-order valence-electron chi connectivity index (χ1n) is 4.22. The van der Waals surface area contributed by atoms with Crippen LogP contribution in [0.5, 0.6) is 0 Å². The first-order chi connectivity index (χ1) is 6.19. The molecule has 0 saturated heterocycles. The average Bonchev–Trinajstić information content (AvgIpc) is 2.63. The van der Waals surface area contributed by atoms with Gasteiger partial charge in [0.2, 0.25) is 0 Å². The zero-order valence-electron chi connectivity index (χ0n) is 8.13. The Hall–Kier alpha value is -1.03. The lowest BCUT2D eigenvalue weighted by molar-refractivity contribution is 0.0807. The van der Waals surface area contributed by atoms with Crippen LogP contribution in [0.1, 0.15) is 16.6 Å². The van der Waals surface area contributed by atoms with Crippen molar-refractivity contribution in [2.75, 3.05) is 26.0 Å². The maximum atomic E-state index is 11.6. The number of amides is 1. The molecule has 1 aromatic heterocycles. The second kappa shape index (κ2) is 4.28.